The first kappa shape index (κ1) is 19.6. The quantitative estimate of drug-likeness (QED) is 0.812. The highest BCUT2D eigenvalue weighted by molar-refractivity contribution is 6.06. The summed E-state index contributed by atoms with van der Waals surface area (Å²) in [5, 5.41) is 7.27. The molecule has 2 saturated heterocycles. The Morgan fingerprint density at radius 3 is 2.87 bits per heavy atom. The second-order valence-electron chi connectivity index (χ2n) is 8.18. The van der Waals surface area contributed by atoms with Crippen molar-refractivity contribution in [3.63, 3.8) is 0 Å². The standard InChI is InChI=1S/C22H25N5O4/c28-20(14-25-11-12-31-22(25)30)26-9-4-3-7-19(26)16-13-17(24-23-16)21(29)27-10-8-15-5-1-2-6-18(15)27/h1-2,5-6,13,19H,3-4,7-12,14H2,(H,23,24). The lowest BCUT2D eigenvalue weighted by Gasteiger charge is -2.35. The molecule has 31 heavy (non-hydrogen) atoms. The summed E-state index contributed by atoms with van der Waals surface area (Å²) in [5.41, 5.74) is 3.21. The van der Waals surface area contributed by atoms with Gasteiger partial charge < -0.3 is 14.5 Å². The zero-order valence-corrected chi connectivity index (χ0v) is 17.2. The van der Waals surface area contributed by atoms with Gasteiger partial charge in [0, 0.05) is 18.8 Å². The molecule has 4 heterocycles. The molecule has 9 heteroatoms. The van der Waals surface area contributed by atoms with E-state index in [2.05, 4.69) is 10.2 Å². The number of carbonyl (C=O) groups is 3. The van der Waals surface area contributed by atoms with E-state index in [1.54, 1.807) is 15.9 Å². The van der Waals surface area contributed by atoms with Gasteiger partial charge in [-0.3, -0.25) is 19.6 Å². The Morgan fingerprint density at radius 2 is 2.03 bits per heavy atom. The molecule has 1 atom stereocenters. The predicted octanol–water partition coefficient (Wildman–Crippen LogP) is 2.12. The fourth-order valence-electron chi connectivity index (χ4n) is 4.68. The van der Waals surface area contributed by atoms with Gasteiger partial charge in [0.25, 0.3) is 5.91 Å². The molecule has 0 spiro atoms. The van der Waals surface area contributed by atoms with Crippen LogP contribution in [0.1, 0.15) is 47.1 Å². The molecule has 3 aliphatic rings. The van der Waals surface area contributed by atoms with E-state index < -0.39 is 6.09 Å². The number of anilines is 1. The highest BCUT2D eigenvalue weighted by Gasteiger charge is 2.34. The van der Waals surface area contributed by atoms with Gasteiger partial charge in [0.05, 0.1) is 18.3 Å². The van der Waals surface area contributed by atoms with Crippen molar-refractivity contribution in [1.82, 2.24) is 20.0 Å². The number of piperidine rings is 1. The van der Waals surface area contributed by atoms with Crippen LogP contribution < -0.4 is 4.90 Å². The van der Waals surface area contributed by atoms with E-state index in [4.69, 9.17) is 4.74 Å². The normalized spacial score (nSPS) is 20.7. The summed E-state index contributed by atoms with van der Waals surface area (Å²) in [6.07, 6.45) is 3.09. The molecule has 0 bridgehead atoms. The van der Waals surface area contributed by atoms with E-state index in [1.165, 1.54) is 4.90 Å². The number of likely N-dealkylation sites (tertiary alicyclic amines) is 1. The van der Waals surface area contributed by atoms with Gasteiger partial charge in [-0.1, -0.05) is 18.2 Å². The van der Waals surface area contributed by atoms with Crippen molar-refractivity contribution in [2.75, 3.05) is 37.7 Å². The number of benzene rings is 1. The van der Waals surface area contributed by atoms with E-state index >= 15 is 0 Å². The minimum atomic E-state index is -0.442. The molecule has 0 saturated carbocycles. The van der Waals surface area contributed by atoms with E-state index in [-0.39, 0.29) is 24.4 Å². The number of ether oxygens (including phenoxy) is 1. The molecule has 0 radical (unpaired) electrons. The number of hydrogen-bond acceptors (Lipinski definition) is 5. The minimum Gasteiger partial charge on any atom is -0.448 e. The molecule has 1 aromatic heterocycles. The first-order valence-electron chi connectivity index (χ1n) is 10.8. The van der Waals surface area contributed by atoms with E-state index in [0.29, 0.717) is 31.9 Å². The third kappa shape index (κ3) is 3.64. The number of H-pyrrole nitrogens is 1. The summed E-state index contributed by atoms with van der Waals surface area (Å²) < 4.78 is 4.93. The predicted molar refractivity (Wildman–Crippen MR) is 112 cm³/mol. The molecule has 5 rings (SSSR count). The molecule has 3 aliphatic heterocycles. The van der Waals surface area contributed by atoms with Crippen molar-refractivity contribution < 1.29 is 19.1 Å². The molecule has 2 aromatic rings. The first-order valence-corrected chi connectivity index (χ1v) is 10.8. The zero-order valence-electron chi connectivity index (χ0n) is 17.2. The van der Waals surface area contributed by atoms with Crippen LogP contribution in [-0.4, -0.2) is 70.7 Å². The Kier molecular flexibility index (Phi) is 5.09. The van der Waals surface area contributed by atoms with Crippen molar-refractivity contribution >= 4 is 23.6 Å². The van der Waals surface area contributed by atoms with Gasteiger partial charge in [-0.2, -0.15) is 5.10 Å². The van der Waals surface area contributed by atoms with Gasteiger partial charge >= 0.3 is 6.09 Å². The van der Waals surface area contributed by atoms with Crippen molar-refractivity contribution in [1.29, 1.82) is 0 Å². The number of amides is 3. The fourth-order valence-corrected chi connectivity index (χ4v) is 4.68. The van der Waals surface area contributed by atoms with Crippen molar-refractivity contribution in [2.24, 2.45) is 0 Å². The third-order valence-electron chi connectivity index (χ3n) is 6.30. The van der Waals surface area contributed by atoms with Crippen molar-refractivity contribution in [3.05, 3.63) is 47.3 Å². The molecule has 1 aromatic carbocycles. The topological polar surface area (TPSA) is 98.8 Å². The number of fused-ring (bicyclic) bond motifs is 1. The molecule has 162 valence electrons. The Morgan fingerprint density at radius 1 is 1.16 bits per heavy atom. The molecule has 3 amide bonds. The van der Waals surface area contributed by atoms with Crippen LogP contribution in [0, 0.1) is 0 Å². The molecular weight excluding hydrogens is 398 g/mol. The number of para-hydroxylation sites is 1. The van der Waals surface area contributed by atoms with Crippen molar-refractivity contribution in [3.8, 4) is 0 Å². The molecule has 1 N–H and O–H groups in total. The van der Waals surface area contributed by atoms with Crippen LogP contribution >= 0.6 is 0 Å². The average Bonchev–Trinajstić information content (AvgIpc) is 3.53. The second-order valence-corrected chi connectivity index (χ2v) is 8.18. The summed E-state index contributed by atoms with van der Waals surface area (Å²) in [7, 11) is 0. The largest absolute Gasteiger partial charge is 0.448 e. The Hall–Kier alpha value is -3.36. The van der Waals surface area contributed by atoms with E-state index in [0.717, 1.165) is 42.6 Å². The maximum absolute atomic E-state index is 13.1. The van der Waals surface area contributed by atoms with Gasteiger partial charge in [-0.05, 0) is 43.4 Å². The summed E-state index contributed by atoms with van der Waals surface area (Å²) in [4.78, 5) is 42.7. The number of aromatic nitrogens is 2. The molecule has 9 nitrogen and oxygen atoms in total. The summed E-state index contributed by atoms with van der Waals surface area (Å²) >= 11 is 0. The maximum Gasteiger partial charge on any atom is 0.410 e. The third-order valence-corrected chi connectivity index (χ3v) is 6.30. The number of nitrogens with one attached hydrogen (secondary N) is 1. The number of aromatic amines is 1. The van der Waals surface area contributed by atoms with Crippen molar-refractivity contribution in [2.45, 2.75) is 31.7 Å². The number of rotatable bonds is 4. The van der Waals surface area contributed by atoms with Gasteiger partial charge in [-0.15, -0.1) is 0 Å². The number of nitrogens with zero attached hydrogens (tertiary/aromatic N) is 4. The van der Waals surface area contributed by atoms with Crippen LogP contribution in [0.4, 0.5) is 10.5 Å². The van der Waals surface area contributed by atoms with Gasteiger partial charge in [0.2, 0.25) is 5.91 Å². The number of carbonyl (C=O) groups excluding carboxylic acids is 3. The minimum absolute atomic E-state index is 0.0137. The monoisotopic (exact) mass is 423 g/mol. The second kappa shape index (κ2) is 8.05. The van der Waals surface area contributed by atoms with E-state index in [9.17, 15) is 14.4 Å². The van der Waals surface area contributed by atoms with Gasteiger partial charge in [0.15, 0.2) is 5.69 Å². The Bertz CT molecular complexity index is 1020. The zero-order chi connectivity index (χ0) is 21.4. The lowest BCUT2D eigenvalue weighted by molar-refractivity contribution is -0.135. The highest BCUT2D eigenvalue weighted by atomic mass is 16.6. The number of cyclic esters (lactones) is 1. The maximum atomic E-state index is 13.1. The summed E-state index contributed by atoms with van der Waals surface area (Å²) in [5.74, 6) is -0.250. The lowest BCUT2D eigenvalue weighted by atomic mass is 9.99. The highest BCUT2D eigenvalue weighted by Crippen LogP contribution is 2.32. The lowest BCUT2D eigenvalue weighted by Crippen LogP contribution is -2.44. The van der Waals surface area contributed by atoms with E-state index in [1.807, 2.05) is 24.3 Å². The van der Waals surface area contributed by atoms with Crippen LogP contribution in [0.2, 0.25) is 0 Å². The smallest absolute Gasteiger partial charge is 0.410 e. The first-order chi connectivity index (χ1) is 15.1. The van der Waals surface area contributed by atoms with Crippen LogP contribution in [0.3, 0.4) is 0 Å². The van der Waals surface area contributed by atoms with Gasteiger partial charge in [0.1, 0.15) is 13.2 Å². The summed E-state index contributed by atoms with van der Waals surface area (Å²) in [6, 6.07) is 9.50. The fraction of sp³-hybridized carbons (Fsp3) is 0.455. The van der Waals surface area contributed by atoms with Crippen LogP contribution in [0.25, 0.3) is 0 Å². The summed E-state index contributed by atoms with van der Waals surface area (Å²) in [6.45, 7) is 2.03. The number of hydrogen-bond donors (Lipinski definition) is 1. The van der Waals surface area contributed by atoms with Crippen LogP contribution in [-0.2, 0) is 16.0 Å². The average molecular weight is 423 g/mol. The SMILES string of the molecule is O=C1OCCN1CC(=O)N1CCCCC1c1cc(C(=O)N2CCc3ccccc32)n[nH]1. The molecule has 0 aliphatic carbocycles. The molecule has 2 fully saturated rings. The van der Waals surface area contributed by atoms with Crippen LogP contribution in [0.5, 0.6) is 0 Å². The van der Waals surface area contributed by atoms with Crippen LogP contribution in [0.15, 0.2) is 30.3 Å². The Balaban J connectivity index is 1.32. The Labute approximate surface area is 179 Å². The molecular formula is C22H25N5O4. The molecule has 1 unspecified atom stereocenters. The van der Waals surface area contributed by atoms with Gasteiger partial charge in [-0.25, -0.2) is 4.79 Å².